The average molecular weight is 401 g/mol. The molecule has 6 nitrogen and oxygen atoms in total. The highest BCUT2D eigenvalue weighted by Crippen LogP contribution is 2.31. The van der Waals surface area contributed by atoms with E-state index in [-0.39, 0.29) is 17.8 Å². The number of carbonyl (C=O) groups excluding carboxylic acids is 1. The molecule has 1 aromatic carbocycles. The van der Waals surface area contributed by atoms with Crippen LogP contribution in [-0.2, 0) is 9.53 Å². The Morgan fingerprint density at radius 2 is 2.15 bits per heavy atom. The lowest BCUT2D eigenvalue weighted by atomic mass is 10.1. The first-order chi connectivity index (χ1) is 13.2. The molecular formula is C19H20N4O2S2. The lowest BCUT2D eigenvalue weighted by Gasteiger charge is -2.10. The third-order valence-corrected chi connectivity index (χ3v) is 5.99. The predicted molar refractivity (Wildman–Crippen MR) is 108 cm³/mol. The van der Waals surface area contributed by atoms with Crippen LogP contribution in [0.3, 0.4) is 0 Å². The van der Waals surface area contributed by atoms with Gasteiger partial charge < -0.3 is 10.1 Å². The van der Waals surface area contributed by atoms with Crippen molar-refractivity contribution in [1.82, 2.24) is 20.3 Å². The summed E-state index contributed by atoms with van der Waals surface area (Å²) >= 11 is 2.89. The van der Waals surface area contributed by atoms with E-state index < -0.39 is 0 Å². The normalized spacial score (nSPS) is 16.7. The number of nitrogens with one attached hydrogen (secondary N) is 1. The van der Waals surface area contributed by atoms with E-state index in [1.54, 1.807) is 11.3 Å². The maximum Gasteiger partial charge on any atom is 0.230 e. The minimum atomic E-state index is -0.0269. The smallest absolute Gasteiger partial charge is 0.230 e. The lowest BCUT2D eigenvalue weighted by Crippen LogP contribution is -2.32. The number of thiazole rings is 1. The summed E-state index contributed by atoms with van der Waals surface area (Å²) in [6.45, 7) is 3.33. The van der Waals surface area contributed by atoms with E-state index in [0.29, 0.717) is 11.7 Å². The van der Waals surface area contributed by atoms with Crippen LogP contribution in [0.1, 0.15) is 17.8 Å². The van der Waals surface area contributed by atoms with Gasteiger partial charge in [0.15, 0.2) is 5.16 Å². The fraction of sp³-hybridized carbons (Fsp3) is 0.368. The van der Waals surface area contributed by atoms with Gasteiger partial charge >= 0.3 is 0 Å². The fourth-order valence-corrected chi connectivity index (χ4v) is 4.50. The number of aromatic nitrogens is 3. The molecule has 1 unspecified atom stereocenters. The Balaban J connectivity index is 1.49. The van der Waals surface area contributed by atoms with Crippen LogP contribution < -0.4 is 5.32 Å². The Labute approximate surface area is 165 Å². The third-order valence-electron chi connectivity index (χ3n) is 4.28. The summed E-state index contributed by atoms with van der Waals surface area (Å²) in [5.74, 6) is 0.255. The molecular weight excluding hydrogens is 380 g/mol. The minimum absolute atomic E-state index is 0.0269. The van der Waals surface area contributed by atoms with Crippen LogP contribution in [0.25, 0.3) is 21.6 Å². The number of amides is 1. The number of fused-ring (bicyclic) bond motifs is 1. The van der Waals surface area contributed by atoms with Gasteiger partial charge in [-0.15, -0.1) is 0 Å². The molecule has 1 N–H and O–H groups in total. The molecule has 1 atom stereocenters. The third kappa shape index (κ3) is 4.45. The van der Waals surface area contributed by atoms with Crippen LogP contribution >= 0.6 is 23.1 Å². The van der Waals surface area contributed by atoms with Gasteiger partial charge in [-0.2, -0.15) is 0 Å². The molecule has 1 saturated heterocycles. The van der Waals surface area contributed by atoms with Crippen LogP contribution in [0.5, 0.6) is 0 Å². The molecule has 2 aromatic heterocycles. The van der Waals surface area contributed by atoms with Crippen molar-refractivity contribution >= 4 is 39.4 Å². The quantitative estimate of drug-likeness (QED) is 0.504. The zero-order valence-corrected chi connectivity index (χ0v) is 16.6. The second kappa shape index (κ2) is 8.33. The molecule has 0 aliphatic carbocycles. The molecule has 140 valence electrons. The van der Waals surface area contributed by atoms with Crippen molar-refractivity contribution in [2.24, 2.45) is 0 Å². The molecule has 8 heteroatoms. The van der Waals surface area contributed by atoms with E-state index in [1.165, 1.54) is 11.8 Å². The molecule has 3 aromatic rings. The van der Waals surface area contributed by atoms with Crippen molar-refractivity contribution in [2.45, 2.75) is 31.0 Å². The van der Waals surface area contributed by atoms with E-state index in [4.69, 9.17) is 4.74 Å². The van der Waals surface area contributed by atoms with Crippen molar-refractivity contribution < 1.29 is 9.53 Å². The van der Waals surface area contributed by atoms with Crippen molar-refractivity contribution in [3.63, 3.8) is 0 Å². The van der Waals surface area contributed by atoms with Crippen LogP contribution in [0.2, 0.25) is 0 Å². The van der Waals surface area contributed by atoms with Crippen LogP contribution in [0.4, 0.5) is 0 Å². The topological polar surface area (TPSA) is 77.0 Å². The number of hydrogen-bond donors (Lipinski definition) is 1. The summed E-state index contributed by atoms with van der Waals surface area (Å²) in [6, 6.07) is 9.96. The molecule has 0 radical (unpaired) electrons. The highest BCUT2D eigenvalue weighted by Gasteiger charge is 2.17. The van der Waals surface area contributed by atoms with Crippen LogP contribution in [-0.4, -0.2) is 45.9 Å². The van der Waals surface area contributed by atoms with Gasteiger partial charge in [0.05, 0.1) is 16.9 Å². The molecule has 1 fully saturated rings. The Hall–Kier alpha value is -2.03. The van der Waals surface area contributed by atoms with Gasteiger partial charge in [0, 0.05) is 18.7 Å². The Bertz CT molecular complexity index is 940. The van der Waals surface area contributed by atoms with Crippen molar-refractivity contribution in [1.29, 1.82) is 0 Å². The van der Waals surface area contributed by atoms with Gasteiger partial charge in [0.25, 0.3) is 0 Å². The number of aryl methyl sites for hydroxylation is 1. The maximum absolute atomic E-state index is 12.1. The van der Waals surface area contributed by atoms with Gasteiger partial charge in [-0.25, -0.2) is 15.0 Å². The number of hydrogen-bond acceptors (Lipinski definition) is 7. The number of ether oxygens (including phenoxy) is 1. The molecule has 0 spiro atoms. The highest BCUT2D eigenvalue weighted by atomic mass is 32.2. The number of carbonyl (C=O) groups is 1. The highest BCUT2D eigenvalue weighted by molar-refractivity contribution is 7.99. The number of nitrogens with zero attached hydrogens (tertiary/aromatic N) is 3. The number of benzene rings is 1. The van der Waals surface area contributed by atoms with Crippen molar-refractivity contribution in [2.75, 3.05) is 18.9 Å². The summed E-state index contributed by atoms with van der Waals surface area (Å²) in [4.78, 5) is 26.9. The monoisotopic (exact) mass is 400 g/mol. The second-order valence-corrected chi connectivity index (χ2v) is 8.46. The van der Waals surface area contributed by atoms with E-state index in [2.05, 4.69) is 20.3 Å². The Morgan fingerprint density at radius 3 is 2.93 bits per heavy atom. The van der Waals surface area contributed by atoms with E-state index in [1.807, 2.05) is 37.3 Å². The number of rotatable bonds is 6. The second-order valence-electron chi connectivity index (χ2n) is 6.34. The molecule has 1 aliphatic rings. The Morgan fingerprint density at radius 1 is 1.30 bits per heavy atom. The lowest BCUT2D eigenvalue weighted by molar-refractivity contribution is -0.119. The summed E-state index contributed by atoms with van der Waals surface area (Å²) in [7, 11) is 0. The van der Waals surface area contributed by atoms with Crippen molar-refractivity contribution in [3.8, 4) is 11.3 Å². The first-order valence-electron chi connectivity index (χ1n) is 8.91. The first kappa shape index (κ1) is 18.3. The first-order valence-corrected chi connectivity index (χ1v) is 10.7. The SMILES string of the molecule is Cc1nc2c(-c3ccccc3)nc(SCC(=O)NCC3CCCO3)nc2s1. The zero-order chi connectivity index (χ0) is 18.6. The van der Waals surface area contributed by atoms with E-state index in [0.717, 1.165) is 46.1 Å². The van der Waals surface area contributed by atoms with Gasteiger partial charge in [0.2, 0.25) is 5.91 Å². The summed E-state index contributed by atoms with van der Waals surface area (Å²) in [5, 5.41) is 4.48. The number of thioether (sulfide) groups is 1. The van der Waals surface area contributed by atoms with Gasteiger partial charge in [-0.3, -0.25) is 4.79 Å². The van der Waals surface area contributed by atoms with E-state index in [9.17, 15) is 4.79 Å². The summed E-state index contributed by atoms with van der Waals surface area (Å²) in [6.07, 6.45) is 2.23. The molecule has 1 amide bonds. The molecule has 0 saturated carbocycles. The van der Waals surface area contributed by atoms with Crippen molar-refractivity contribution in [3.05, 3.63) is 35.3 Å². The standard InChI is InChI=1S/C19H20N4O2S2/c1-12-21-17-16(13-6-3-2-4-7-13)22-19(23-18(17)27-12)26-11-15(24)20-10-14-8-5-9-25-14/h2-4,6-7,14H,5,8-11H2,1H3,(H,20,24). The molecule has 0 bridgehead atoms. The summed E-state index contributed by atoms with van der Waals surface area (Å²) in [5.41, 5.74) is 2.63. The predicted octanol–water partition coefficient (Wildman–Crippen LogP) is 3.45. The van der Waals surface area contributed by atoms with E-state index >= 15 is 0 Å². The van der Waals surface area contributed by atoms with Gasteiger partial charge in [-0.1, -0.05) is 53.4 Å². The zero-order valence-electron chi connectivity index (χ0n) is 15.0. The average Bonchev–Trinajstić information content (AvgIpc) is 3.33. The molecule has 27 heavy (non-hydrogen) atoms. The molecule has 3 heterocycles. The fourth-order valence-electron chi connectivity index (χ4n) is 2.98. The summed E-state index contributed by atoms with van der Waals surface area (Å²) < 4.78 is 5.53. The molecule has 4 rings (SSSR count). The van der Waals surface area contributed by atoms with Crippen LogP contribution in [0, 0.1) is 6.92 Å². The Kier molecular flexibility index (Phi) is 5.66. The molecule has 1 aliphatic heterocycles. The van der Waals surface area contributed by atoms with Crippen LogP contribution in [0.15, 0.2) is 35.5 Å². The largest absolute Gasteiger partial charge is 0.376 e. The van der Waals surface area contributed by atoms with Gasteiger partial charge in [0.1, 0.15) is 16.0 Å². The van der Waals surface area contributed by atoms with Gasteiger partial charge in [-0.05, 0) is 19.8 Å². The minimum Gasteiger partial charge on any atom is -0.376 e. The maximum atomic E-state index is 12.1.